The summed E-state index contributed by atoms with van der Waals surface area (Å²) < 4.78 is 76.3. The van der Waals surface area contributed by atoms with Crippen molar-refractivity contribution in [1.82, 2.24) is 0 Å². The molecule has 0 unspecified atom stereocenters. The minimum atomic E-state index is -5.30. The van der Waals surface area contributed by atoms with Crippen LogP contribution in [0.15, 0.2) is 51.7 Å². The molecule has 0 bridgehead atoms. The second-order valence-corrected chi connectivity index (χ2v) is 10.8. The third-order valence-electron chi connectivity index (χ3n) is 8.12. The van der Waals surface area contributed by atoms with Crippen molar-refractivity contribution < 1.29 is 71.6 Å². The van der Waals surface area contributed by atoms with Crippen molar-refractivity contribution in [3.63, 3.8) is 0 Å². The van der Waals surface area contributed by atoms with Crippen molar-refractivity contribution in [1.29, 1.82) is 0 Å². The smallest absolute Gasteiger partial charge is 0.432 e. The molecule has 250 valence electrons. The number of rotatable bonds is 8. The fourth-order valence-electron chi connectivity index (χ4n) is 5.73. The Balaban J connectivity index is 1.60. The number of carbonyl (C=O) groups is 1. The molecule has 1 aliphatic carbocycles. The number of benzene rings is 2. The van der Waals surface area contributed by atoms with E-state index in [4.69, 9.17) is 28.1 Å². The number of methoxy groups -OCH3 is 2. The molecule has 2 heterocycles. The normalized spacial score (nSPS) is 27.9. The molecule has 1 aromatic heterocycles. The first kappa shape index (κ1) is 33.6. The number of aliphatic hydroxyl groups excluding tert-OH is 4. The number of aliphatic hydroxyl groups is 4. The molecule has 46 heavy (non-hydrogen) atoms. The summed E-state index contributed by atoms with van der Waals surface area (Å²) in [6.07, 6.45) is -17.2. The Labute approximate surface area is 258 Å². The molecule has 0 spiro atoms. The fourth-order valence-corrected chi connectivity index (χ4v) is 5.73. The second kappa shape index (κ2) is 12.8. The lowest BCUT2D eigenvalue weighted by molar-refractivity contribution is -0.314. The van der Waals surface area contributed by atoms with Crippen LogP contribution in [0.1, 0.15) is 41.9 Å². The molecule has 0 radical (unpaired) electrons. The zero-order valence-electron chi connectivity index (χ0n) is 24.3. The monoisotopic (exact) mass is 656 g/mol. The van der Waals surface area contributed by atoms with E-state index < -0.39 is 89.8 Å². The molecule has 0 saturated carbocycles. The van der Waals surface area contributed by atoms with E-state index in [2.05, 4.69) is 0 Å². The van der Waals surface area contributed by atoms with E-state index in [0.717, 1.165) is 18.2 Å². The molecule has 2 aromatic carbocycles. The van der Waals surface area contributed by atoms with Crippen LogP contribution in [-0.2, 0) is 29.3 Å². The van der Waals surface area contributed by atoms with Gasteiger partial charge in [0.1, 0.15) is 46.9 Å². The van der Waals surface area contributed by atoms with Crippen LogP contribution in [0.25, 0.3) is 11.0 Å². The summed E-state index contributed by atoms with van der Waals surface area (Å²) in [5.74, 6) is -2.80. The molecule has 8 atom stereocenters. The number of phenols is 1. The van der Waals surface area contributed by atoms with Gasteiger partial charge in [0.05, 0.1) is 25.4 Å². The van der Waals surface area contributed by atoms with Gasteiger partial charge in [0.15, 0.2) is 18.2 Å². The topological polar surface area (TPSA) is 195 Å². The largest absolute Gasteiger partial charge is 0.507 e. The van der Waals surface area contributed by atoms with Gasteiger partial charge in [-0.1, -0.05) is 30.3 Å². The van der Waals surface area contributed by atoms with Crippen molar-refractivity contribution in [3.05, 3.63) is 69.6 Å². The lowest BCUT2D eigenvalue weighted by Crippen LogP contribution is -2.59. The Kier molecular flexibility index (Phi) is 9.34. The average molecular weight is 657 g/mol. The van der Waals surface area contributed by atoms with Crippen LogP contribution in [0, 0.1) is 0 Å². The number of phenolic OH excluding ortho intramolecular Hbond substituents is 1. The maximum absolute atomic E-state index is 14.6. The van der Waals surface area contributed by atoms with Crippen LogP contribution in [0.2, 0.25) is 0 Å². The first-order chi connectivity index (χ1) is 21.8. The van der Waals surface area contributed by atoms with Crippen molar-refractivity contribution >= 4 is 16.9 Å². The summed E-state index contributed by atoms with van der Waals surface area (Å²) in [4.78, 5) is 27.4. The predicted molar refractivity (Wildman–Crippen MR) is 148 cm³/mol. The van der Waals surface area contributed by atoms with Gasteiger partial charge >= 0.3 is 12.1 Å². The van der Waals surface area contributed by atoms with Crippen LogP contribution >= 0.6 is 0 Å². The molecule has 3 aromatic rings. The van der Waals surface area contributed by atoms with Gasteiger partial charge in [-0.25, -0.2) is 4.79 Å². The van der Waals surface area contributed by atoms with Crippen LogP contribution in [0.4, 0.5) is 13.2 Å². The van der Waals surface area contributed by atoms with Crippen molar-refractivity contribution in [3.8, 4) is 11.5 Å². The molecule has 13 nitrogen and oxygen atoms in total. The molecule has 16 heteroatoms. The second-order valence-electron chi connectivity index (χ2n) is 10.8. The minimum Gasteiger partial charge on any atom is -0.507 e. The number of alkyl halides is 3. The van der Waals surface area contributed by atoms with E-state index in [0.29, 0.717) is 7.11 Å². The molecule has 5 N–H and O–H groups in total. The fraction of sp³-hybridized carbons (Fsp3) is 0.467. The Bertz CT molecular complexity index is 1630. The number of hydrogen-bond donors (Lipinski definition) is 5. The van der Waals surface area contributed by atoms with Gasteiger partial charge in [-0.3, -0.25) is 4.79 Å². The SMILES string of the molecule is COc1cc(O)c2c(=O)c3c(oc2c1)[C@H](OC(=O)[C@@](OC)(c1ccccc1)C(F)(F)F)CC[C@@H]3O[C@@H]1O[C@H](CO)[C@@H](O)[C@H](O)[C@H]1O. The van der Waals surface area contributed by atoms with Gasteiger partial charge in [0, 0.05) is 24.8 Å². The van der Waals surface area contributed by atoms with Gasteiger partial charge in [0.2, 0.25) is 5.43 Å². The van der Waals surface area contributed by atoms with E-state index in [-0.39, 0.29) is 35.1 Å². The molecule has 5 rings (SSSR count). The van der Waals surface area contributed by atoms with Crippen LogP contribution in [0.3, 0.4) is 0 Å². The summed E-state index contributed by atoms with van der Waals surface area (Å²) in [5, 5.41) is 50.7. The quantitative estimate of drug-likeness (QED) is 0.221. The molecular weight excluding hydrogens is 625 g/mol. The van der Waals surface area contributed by atoms with E-state index in [1.807, 2.05) is 0 Å². The molecule has 2 aliphatic rings. The summed E-state index contributed by atoms with van der Waals surface area (Å²) in [7, 11) is 1.97. The average Bonchev–Trinajstić information content (AvgIpc) is 3.02. The lowest BCUT2D eigenvalue weighted by Gasteiger charge is -2.41. The van der Waals surface area contributed by atoms with Gasteiger partial charge in [0.25, 0.3) is 5.60 Å². The first-order valence-corrected chi connectivity index (χ1v) is 14.0. The number of esters is 1. The predicted octanol–water partition coefficient (Wildman–Crippen LogP) is 1.85. The highest BCUT2D eigenvalue weighted by atomic mass is 19.4. The number of aromatic hydroxyl groups is 1. The Morgan fingerprint density at radius 2 is 1.67 bits per heavy atom. The minimum absolute atomic E-state index is 0.0612. The molecule has 1 saturated heterocycles. The summed E-state index contributed by atoms with van der Waals surface area (Å²) >= 11 is 0. The lowest BCUT2D eigenvalue weighted by atomic mass is 9.89. The van der Waals surface area contributed by atoms with Crippen molar-refractivity contribution in [2.45, 2.75) is 67.5 Å². The zero-order valence-corrected chi connectivity index (χ0v) is 24.3. The van der Waals surface area contributed by atoms with Crippen molar-refractivity contribution in [2.24, 2.45) is 0 Å². The Hall–Kier alpha value is -3.77. The molecule has 1 fully saturated rings. The number of carbonyl (C=O) groups excluding carboxylic acids is 1. The standard InChI is InChI=1S/C30H31F3O13/c1-41-14-10-15(35)20-18(11-14)43-26-17(46-28(40)29(42-2,30(31,32)33)13-6-4-3-5-7-13)9-8-16(21(26)23(20)37)44-27-25(39)24(38)22(36)19(12-34)45-27/h3-7,10-11,16-17,19,22,24-25,27,34-36,38-39H,8-9,12H2,1-2H3/t16-,17+,19+,22+,24-,25+,27+,29-/m0/s1. The number of halogens is 3. The van der Waals surface area contributed by atoms with E-state index in [9.17, 15) is 48.3 Å². The van der Waals surface area contributed by atoms with E-state index >= 15 is 0 Å². The number of ether oxygens (including phenoxy) is 5. The first-order valence-electron chi connectivity index (χ1n) is 14.0. The van der Waals surface area contributed by atoms with Gasteiger partial charge < -0.3 is 53.6 Å². The highest BCUT2D eigenvalue weighted by Gasteiger charge is 2.64. The molecule has 1 aliphatic heterocycles. The maximum Gasteiger partial charge on any atom is 0.432 e. The highest BCUT2D eigenvalue weighted by Crippen LogP contribution is 2.47. The third kappa shape index (κ3) is 5.59. The Morgan fingerprint density at radius 3 is 2.28 bits per heavy atom. The maximum atomic E-state index is 14.6. The Morgan fingerprint density at radius 1 is 1.00 bits per heavy atom. The van der Waals surface area contributed by atoms with Gasteiger partial charge in [-0.05, 0) is 12.8 Å². The highest BCUT2D eigenvalue weighted by molar-refractivity contribution is 5.86. The number of hydrogen-bond acceptors (Lipinski definition) is 13. The molecular formula is C30H31F3O13. The van der Waals surface area contributed by atoms with Crippen LogP contribution in [-0.4, -0.2) is 89.2 Å². The number of fused-ring (bicyclic) bond motifs is 2. The van der Waals surface area contributed by atoms with Gasteiger partial charge in [-0.15, -0.1) is 0 Å². The third-order valence-corrected chi connectivity index (χ3v) is 8.12. The van der Waals surface area contributed by atoms with Crippen LogP contribution in [0.5, 0.6) is 11.5 Å². The summed E-state index contributed by atoms with van der Waals surface area (Å²) in [5.41, 5.74) is -5.68. The van der Waals surface area contributed by atoms with Crippen molar-refractivity contribution in [2.75, 3.05) is 20.8 Å². The summed E-state index contributed by atoms with van der Waals surface area (Å²) in [6, 6.07) is 8.45. The van der Waals surface area contributed by atoms with E-state index in [1.165, 1.54) is 31.4 Å². The van der Waals surface area contributed by atoms with Gasteiger partial charge in [-0.2, -0.15) is 13.2 Å². The van der Waals surface area contributed by atoms with E-state index in [1.54, 1.807) is 0 Å². The summed E-state index contributed by atoms with van der Waals surface area (Å²) in [6.45, 7) is -0.769. The molecule has 0 amide bonds. The zero-order chi connectivity index (χ0) is 33.6. The van der Waals surface area contributed by atoms with Crippen LogP contribution < -0.4 is 10.2 Å².